The first-order chi connectivity index (χ1) is 7.25. The average Bonchev–Trinajstić information content (AvgIpc) is 2.25. The van der Waals surface area contributed by atoms with Crippen LogP contribution in [0.15, 0.2) is 24.3 Å². The minimum atomic E-state index is 0.462. The van der Waals surface area contributed by atoms with Gasteiger partial charge in [0, 0.05) is 18.3 Å². The minimum Gasteiger partial charge on any atom is -0.309 e. The van der Waals surface area contributed by atoms with Gasteiger partial charge < -0.3 is 5.32 Å². The van der Waals surface area contributed by atoms with Crippen LogP contribution in [0.4, 0.5) is 0 Å². The van der Waals surface area contributed by atoms with Crippen molar-refractivity contribution in [3.63, 3.8) is 0 Å². The summed E-state index contributed by atoms with van der Waals surface area (Å²) in [6.07, 6.45) is 0. The fraction of sp³-hybridized carbons (Fsp3) is 0.538. The van der Waals surface area contributed by atoms with Crippen LogP contribution >= 0.6 is 11.8 Å². The summed E-state index contributed by atoms with van der Waals surface area (Å²) >= 11 is 1.99. The molecule has 1 aromatic rings. The Labute approximate surface area is 97.7 Å². The Hall–Kier alpha value is -0.470. The fourth-order valence-electron chi connectivity index (χ4n) is 1.67. The van der Waals surface area contributed by atoms with Crippen LogP contribution in [-0.4, -0.2) is 18.1 Å². The maximum atomic E-state index is 3.55. The molecule has 0 aliphatic heterocycles. The summed E-state index contributed by atoms with van der Waals surface area (Å²) in [5.41, 5.74) is 2.79. The van der Waals surface area contributed by atoms with Crippen LogP contribution in [0.1, 0.15) is 31.0 Å². The first-order valence-electron chi connectivity index (χ1n) is 5.62. The van der Waals surface area contributed by atoms with Crippen molar-refractivity contribution < 1.29 is 0 Å². The van der Waals surface area contributed by atoms with E-state index in [1.165, 1.54) is 22.6 Å². The Morgan fingerprint density at radius 3 is 2.73 bits per heavy atom. The number of hydrogen-bond donors (Lipinski definition) is 1. The van der Waals surface area contributed by atoms with Crippen LogP contribution in [0.5, 0.6) is 0 Å². The van der Waals surface area contributed by atoms with Crippen molar-refractivity contribution in [3.8, 4) is 0 Å². The van der Waals surface area contributed by atoms with Crippen LogP contribution in [0.25, 0.3) is 0 Å². The van der Waals surface area contributed by atoms with Gasteiger partial charge in [0.1, 0.15) is 0 Å². The van der Waals surface area contributed by atoms with Crippen LogP contribution in [0.3, 0.4) is 0 Å². The predicted molar refractivity (Wildman–Crippen MR) is 70.6 cm³/mol. The van der Waals surface area contributed by atoms with Gasteiger partial charge in [0.05, 0.1) is 0 Å². The Morgan fingerprint density at radius 1 is 1.33 bits per heavy atom. The molecule has 15 heavy (non-hydrogen) atoms. The van der Waals surface area contributed by atoms with Gasteiger partial charge in [0.2, 0.25) is 0 Å². The highest BCUT2D eigenvalue weighted by atomic mass is 32.2. The molecule has 1 rings (SSSR count). The zero-order valence-corrected chi connectivity index (χ0v) is 10.7. The van der Waals surface area contributed by atoms with E-state index in [2.05, 4.69) is 50.4 Å². The van der Waals surface area contributed by atoms with Crippen LogP contribution in [-0.2, 0) is 0 Å². The van der Waals surface area contributed by atoms with Gasteiger partial charge in [-0.3, -0.25) is 0 Å². The van der Waals surface area contributed by atoms with Crippen molar-refractivity contribution >= 4 is 11.8 Å². The molecule has 0 bridgehead atoms. The molecule has 0 fully saturated rings. The number of rotatable bonds is 6. The van der Waals surface area contributed by atoms with Gasteiger partial charge in [-0.05, 0) is 30.7 Å². The quantitative estimate of drug-likeness (QED) is 0.742. The lowest BCUT2D eigenvalue weighted by Gasteiger charge is -2.16. The third kappa shape index (κ3) is 4.27. The number of hydrogen-bond acceptors (Lipinski definition) is 2. The molecule has 1 N–H and O–H groups in total. The van der Waals surface area contributed by atoms with E-state index in [4.69, 9.17) is 0 Å². The van der Waals surface area contributed by atoms with Gasteiger partial charge >= 0.3 is 0 Å². The van der Waals surface area contributed by atoms with Gasteiger partial charge in [0.15, 0.2) is 0 Å². The number of nitrogens with one attached hydrogen (secondary N) is 1. The summed E-state index contributed by atoms with van der Waals surface area (Å²) in [6.45, 7) is 7.71. The van der Waals surface area contributed by atoms with Crippen LogP contribution in [0, 0.1) is 6.92 Å². The Bertz CT molecular complexity index is 286. The topological polar surface area (TPSA) is 12.0 Å². The third-order valence-electron chi connectivity index (χ3n) is 2.56. The lowest BCUT2D eigenvalue weighted by molar-refractivity contribution is 0.598. The molecule has 0 heterocycles. The highest BCUT2D eigenvalue weighted by molar-refractivity contribution is 7.99. The second-order valence-corrected chi connectivity index (χ2v) is 5.12. The van der Waals surface area contributed by atoms with Crippen molar-refractivity contribution in [3.05, 3.63) is 35.4 Å². The Kier molecular flexibility index (Phi) is 5.81. The van der Waals surface area contributed by atoms with Gasteiger partial charge in [-0.2, -0.15) is 11.8 Å². The Morgan fingerprint density at radius 2 is 2.07 bits per heavy atom. The summed E-state index contributed by atoms with van der Waals surface area (Å²) in [5, 5.41) is 3.55. The minimum absolute atomic E-state index is 0.462. The molecular formula is C13H21NS. The van der Waals surface area contributed by atoms with E-state index >= 15 is 0 Å². The van der Waals surface area contributed by atoms with Crippen molar-refractivity contribution in [1.29, 1.82) is 0 Å². The zero-order chi connectivity index (χ0) is 11.1. The van der Waals surface area contributed by atoms with Crippen molar-refractivity contribution in [2.24, 2.45) is 0 Å². The van der Waals surface area contributed by atoms with Crippen molar-refractivity contribution in [1.82, 2.24) is 5.32 Å². The maximum Gasteiger partial charge on any atom is 0.0294 e. The monoisotopic (exact) mass is 223 g/mol. The number of thioether (sulfide) groups is 1. The second kappa shape index (κ2) is 6.91. The van der Waals surface area contributed by atoms with E-state index in [9.17, 15) is 0 Å². The fourth-order valence-corrected chi connectivity index (χ4v) is 2.23. The molecule has 0 unspecified atom stereocenters. The molecule has 1 atom stereocenters. The molecule has 2 heteroatoms. The summed E-state index contributed by atoms with van der Waals surface area (Å²) in [5.74, 6) is 2.41. The normalized spacial score (nSPS) is 12.7. The van der Waals surface area contributed by atoms with Gasteiger partial charge in [-0.1, -0.05) is 31.2 Å². The summed E-state index contributed by atoms with van der Waals surface area (Å²) < 4.78 is 0. The SMILES string of the molecule is CCSCCN[C@@H](C)c1ccccc1C. The van der Waals surface area contributed by atoms with E-state index in [1.807, 2.05) is 11.8 Å². The highest BCUT2D eigenvalue weighted by Crippen LogP contribution is 2.16. The third-order valence-corrected chi connectivity index (χ3v) is 3.46. The average molecular weight is 223 g/mol. The molecule has 84 valence electrons. The lowest BCUT2D eigenvalue weighted by Crippen LogP contribution is -2.22. The molecule has 0 saturated heterocycles. The molecule has 0 radical (unpaired) electrons. The molecule has 0 amide bonds. The molecule has 1 nitrogen and oxygen atoms in total. The smallest absolute Gasteiger partial charge is 0.0294 e. The maximum absolute atomic E-state index is 3.55. The standard InChI is InChI=1S/C13H21NS/c1-4-15-10-9-14-12(3)13-8-6-5-7-11(13)2/h5-8,12,14H,4,9-10H2,1-3H3/t12-/m0/s1. The molecule has 0 aliphatic rings. The van der Waals surface area contributed by atoms with E-state index < -0.39 is 0 Å². The van der Waals surface area contributed by atoms with Crippen molar-refractivity contribution in [2.45, 2.75) is 26.8 Å². The van der Waals surface area contributed by atoms with Gasteiger partial charge in [-0.25, -0.2) is 0 Å². The predicted octanol–water partition coefficient (Wildman–Crippen LogP) is 3.40. The van der Waals surface area contributed by atoms with Gasteiger partial charge in [-0.15, -0.1) is 0 Å². The molecule has 0 aliphatic carbocycles. The van der Waals surface area contributed by atoms with E-state index in [1.54, 1.807) is 0 Å². The van der Waals surface area contributed by atoms with E-state index in [0.717, 1.165) is 6.54 Å². The molecular weight excluding hydrogens is 202 g/mol. The molecule has 0 aromatic heterocycles. The summed E-state index contributed by atoms with van der Waals surface area (Å²) in [7, 11) is 0. The van der Waals surface area contributed by atoms with Crippen LogP contribution < -0.4 is 5.32 Å². The largest absolute Gasteiger partial charge is 0.309 e. The molecule has 0 saturated carbocycles. The summed E-state index contributed by atoms with van der Waals surface area (Å²) in [6, 6.07) is 9.05. The van der Waals surface area contributed by atoms with Crippen molar-refractivity contribution in [2.75, 3.05) is 18.1 Å². The molecule has 1 aromatic carbocycles. The zero-order valence-electron chi connectivity index (χ0n) is 9.92. The second-order valence-electron chi connectivity index (χ2n) is 3.73. The van der Waals surface area contributed by atoms with Crippen LogP contribution in [0.2, 0.25) is 0 Å². The van der Waals surface area contributed by atoms with Gasteiger partial charge in [0.25, 0.3) is 0 Å². The molecule has 0 spiro atoms. The first-order valence-corrected chi connectivity index (χ1v) is 6.77. The lowest BCUT2D eigenvalue weighted by atomic mass is 10.0. The number of aryl methyl sites for hydroxylation is 1. The first kappa shape index (κ1) is 12.6. The Balaban J connectivity index is 2.40. The van der Waals surface area contributed by atoms with E-state index in [-0.39, 0.29) is 0 Å². The summed E-state index contributed by atoms with van der Waals surface area (Å²) in [4.78, 5) is 0. The van der Waals surface area contributed by atoms with E-state index in [0.29, 0.717) is 6.04 Å². The highest BCUT2D eigenvalue weighted by Gasteiger charge is 2.05. The number of benzene rings is 1.